The Bertz CT molecular complexity index is 253. The minimum absolute atomic E-state index is 0.0363. The number of rotatable bonds is 3. The molecule has 0 spiro atoms. The molecule has 0 saturated heterocycles. The molecule has 1 amide bonds. The number of amides is 1. The van der Waals surface area contributed by atoms with Gasteiger partial charge in [0.05, 0.1) is 5.75 Å². The molecule has 0 atom stereocenters. The molecule has 1 N–H and O–H groups in total. The van der Waals surface area contributed by atoms with Crippen LogP contribution >= 0.6 is 0 Å². The van der Waals surface area contributed by atoms with Gasteiger partial charge in [0.15, 0.2) is 0 Å². The van der Waals surface area contributed by atoms with Crippen molar-refractivity contribution in [3.8, 4) is 0 Å². The van der Waals surface area contributed by atoms with Gasteiger partial charge in [-0.25, -0.2) is 8.42 Å². The molecular weight excluding hydrogens is 166 g/mol. The van der Waals surface area contributed by atoms with Gasteiger partial charge in [-0.1, -0.05) is 0 Å². The van der Waals surface area contributed by atoms with Crippen molar-refractivity contribution < 1.29 is 13.2 Å². The second-order valence-electron chi connectivity index (χ2n) is 2.64. The van der Waals surface area contributed by atoms with Crippen molar-refractivity contribution in [2.75, 3.05) is 5.75 Å². The van der Waals surface area contributed by atoms with E-state index in [2.05, 4.69) is 0 Å². The lowest BCUT2D eigenvalue weighted by molar-refractivity contribution is -0.120. The normalized spacial score (nSPS) is 17.9. The van der Waals surface area contributed by atoms with Crippen LogP contribution in [0.25, 0.3) is 0 Å². The van der Waals surface area contributed by atoms with E-state index in [0.717, 1.165) is 12.8 Å². The second kappa shape index (κ2) is 2.81. The lowest BCUT2D eigenvalue weighted by atomic mass is 10.4. The fraction of sp³-hybridized carbons (Fsp3) is 0.833. The number of hydrogen-bond donors (Lipinski definition) is 1. The molecule has 0 aliphatic heterocycles. The zero-order chi connectivity index (χ0) is 8.48. The van der Waals surface area contributed by atoms with E-state index >= 15 is 0 Å². The van der Waals surface area contributed by atoms with E-state index in [1.54, 1.807) is 0 Å². The largest absolute Gasteiger partial charge is 0.274 e. The predicted octanol–water partition coefficient (Wildman–Crippen LogP) is -0.138. The molecule has 0 aromatic heterocycles. The molecule has 11 heavy (non-hydrogen) atoms. The van der Waals surface area contributed by atoms with Gasteiger partial charge in [-0.2, -0.15) is 0 Å². The van der Waals surface area contributed by atoms with Crippen LogP contribution in [0.2, 0.25) is 0 Å². The first-order valence-corrected chi connectivity index (χ1v) is 5.24. The Kier molecular flexibility index (Phi) is 2.17. The van der Waals surface area contributed by atoms with Crippen molar-refractivity contribution in [3.63, 3.8) is 0 Å². The molecule has 1 fully saturated rings. The SMILES string of the molecule is CCS(=O)(=O)NC(=O)C1CC1. The van der Waals surface area contributed by atoms with Crippen molar-refractivity contribution in [2.24, 2.45) is 5.92 Å². The fourth-order valence-electron chi connectivity index (χ4n) is 0.654. The lowest BCUT2D eigenvalue weighted by Crippen LogP contribution is -2.32. The van der Waals surface area contributed by atoms with Crippen LogP contribution in [-0.4, -0.2) is 20.1 Å². The van der Waals surface area contributed by atoms with Crippen LogP contribution < -0.4 is 4.72 Å². The maximum atomic E-state index is 10.9. The number of carbonyl (C=O) groups is 1. The zero-order valence-electron chi connectivity index (χ0n) is 6.33. The zero-order valence-corrected chi connectivity index (χ0v) is 7.15. The Hall–Kier alpha value is -0.580. The van der Waals surface area contributed by atoms with Crippen LogP contribution in [0.15, 0.2) is 0 Å². The Balaban J connectivity index is 2.47. The third-order valence-electron chi connectivity index (χ3n) is 1.58. The predicted molar refractivity (Wildman–Crippen MR) is 40.3 cm³/mol. The van der Waals surface area contributed by atoms with Gasteiger partial charge in [0.25, 0.3) is 0 Å². The Morgan fingerprint density at radius 3 is 2.45 bits per heavy atom. The van der Waals surface area contributed by atoms with Gasteiger partial charge in [-0.3, -0.25) is 9.52 Å². The van der Waals surface area contributed by atoms with Crippen LogP contribution in [-0.2, 0) is 14.8 Å². The van der Waals surface area contributed by atoms with Gasteiger partial charge in [0.2, 0.25) is 15.9 Å². The van der Waals surface area contributed by atoms with Gasteiger partial charge >= 0.3 is 0 Å². The molecule has 0 heterocycles. The van der Waals surface area contributed by atoms with Crippen LogP contribution in [0.4, 0.5) is 0 Å². The molecule has 1 aliphatic carbocycles. The van der Waals surface area contributed by atoms with Gasteiger partial charge in [0, 0.05) is 5.92 Å². The minimum Gasteiger partial charge on any atom is -0.274 e. The van der Waals surface area contributed by atoms with Crippen LogP contribution in [0.1, 0.15) is 19.8 Å². The minimum atomic E-state index is -3.32. The number of hydrogen-bond acceptors (Lipinski definition) is 3. The molecule has 1 rings (SSSR count). The molecule has 1 saturated carbocycles. The summed E-state index contributed by atoms with van der Waals surface area (Å²) in [5, 5.41) is 0. The van der Waals surface area contributed by atoms with E-state index in [9.17, 15) is 13.2 Å². The molecule has 5 heteroatoms. The standard InChI is InChI=1S/C6H11NO3S/c1-2-11(9,10)7-6(8)5-3-4-5/h5H,2-4H2,1H3,(H,7,8). The molecule has 4 nitrogen and oxygen atoms in total. The first kappa shape index (κ1) is 8.52. The van der Waals surface area contributed by atoms with Crippen LogP contribution in [0.5, 0.6) is 0 Å². The van der Waals surface area contributed by atoms with Crippen LogP contribution in [0.3, 0.4) is 0 Å². The van der Waals surface area contributed by atoms with Crippen molar-refractivity contribution >= 4 is 15.9 Å². The van der Waals surface area contributed by atoms with Crippen molar-refractivity contribution in [3.05, 3.63) is 0 Å². The fourth-order valence-corrected chi connectivity index (χ4v) is 1.27. The van der Waals surface area contributed by atoms with Crippen LogP contribution in [0, 0.1) is 5.92 Å². The quantitative estimate of drug-likeness (QED) is 0.652. The first-order chi connectivity index (χ1) is 5.05. The molecule has 0 radical (unpaired) electrons. The Morgan fingerprint density at radius 1 is 1.55 bits per heavy atom. The molecule has 1 aliphatic rings. The maximum absolute atomic E-state index is 10.9. The number of nitrogens with one attached hydrogen (secondary N) is 1. The highest BCUT2D eigenvalue weighted by atomic mass is 32.2. The molecule has 0 bridgehead atoms. The third kappa shape index (κ3) is 2.49. The highest BCUT2D eigenvalue weighted by Gasteiger charge is 2.31. The molecule has 0 unspecified atom stereocenters. The summed E-state index contributed by atoms with van der Waals surface area (Å²) in [6, 6.07) is 0. The second-order valence-corrected chi connectivity index (χ2v) is 4.65. The van der Waals surface area contributed by atoms with E-state index in [0.29, 0.717) is 0 Å². The van der Waals surface area contributed by atoms with Gasteiger partial charge < -0.3 is 0 Å². The summed E-state index contributed by atoms with van der Waals surface area (Å²) in [4.78, 5) is 10.9. The lowest BCUT2D eigenvalue weighted by Gasteiger charge is -2.01. The molecular formula is C6H11NO3S. The highest BCUT2D eigenvalue weighted by molar-refractivity contribution is 7.90. The van der Waals surface area contributed by atoms with Crippen molar-refractivity contribution in [1.29, 1.82) is 0 Å². The summed E-state index contributed by atoms with van der Waals surface area (Å²) in [5.41, 5.74) is 0. The Labute approximate surface area is 66.0 Å². The maximum Gasteiger partial charge on any atom is 0.236 e. The molecule has 0 aromatic rings. The van der Waals surface area contributed by atoms with Gasteiger partial charge in [0.1, 0.15) is 0 Å². The third-order valence-corrected chi connectivity index (χ3v) is 2.86. The molecule has 0 aromatic carbocycles. The average molecular weight is 177 g/mol. The number of sulfonamides is 1. The van der Waals surface area contributed by atoms with Crippen molar-refractivity contribution in [1.82, 2.24) is 4.72 Å². The highest BCUT2D eigenvalue weighted by Crippen LogP contribution is 2.28. The smallest absolute Gasteiger partial charge is 0.236 e. The topological polar surface area (TPSA) is 63.2 Å². The van der Waals surface area contributed by atoms with E-state index < -0.39 is 10.0 Å². The summed E-state index contributed by atoms with van der Waals surface area (Å²) in [5.74, 6) is -0.422. The number of carbonyl (C=O) groups excluding carboxylic acids is 1. The monoisotopic (exact) mass is 177 g/mol. The average Bonchev–Trinajstić information content (AvgIpc) is 2.67. The van der Waals surface area contributed by atoms with Gasteiger partial charge in [-0.05, 0) is 19.8 Å². The van der Waals surface area contributed by atoms with E-state index in [4.69, 9.17) is 0 Å². The van der Waals surface area contributed by atoms with E-state index in [1.807, 2.05) is 4.72 Å². The van der Waals surface area contributed by atoms with Gasteiger partial charge in [-0.15, -0.1) is 0 Å². The van der Waals surface area contributed by atoms with E-state index in [1.165, 1.54) is 6.92 Å². The summed E-state index contributed by atoms with van der Waals surface area (Å²) >= 11 is 0. The van der Waals surface area contributed by atoms with Crippen molar-refractivity contribution in [2.45, 2.75) is 19.8 Å². The summed E-state index contributed by atoms with van der Waals surface area (Å²) < 4.78 is 23.6. The summed E-state index contributed by atoms with van der Waals surface area (Å²) in [7, 11) is -3.32. The molecule has 64 valence electrons. The summed E-state index contributed by atoms with van der Waals surface area (Å²) in [6.45, 7) is 1.50. The van der Waals surface area contributed by atoms with E-state index in [-0.39, 0.29) is 17.6 Å². The first-order valence-electron chi connectivity index (χ1n) is 3.59. The summed E-state index contributed by atoms with van der Waals surface area (Å²) in [6.07, 6.45) is 1.65. The Morgan fingerprint density at radius 2 is 2.09 bits per heavy atom.